The number of carbonyl (C=O) groups excluding carboxylic acids is 3. The van der Waals surface area contributed by atoms with Crippen molar-refractivity contribution in [2.75, 3.05) is 14.2 Å². The second-order valence-electron chi connectivity index (χ2n) is 9.22. The molecule has 3 rings (SSSR count). The van der Waals surface area contributed by atoms with Gasteiger partial charge in [0.2, 0.25) is 0 Å². The van der Waals surface area contributed by atoms with Crippen LogP contribution in [-0.2, 0) is 43.2 Å². The second-order valence-corrected chi connectivity index (χ2v) is 9.22. The summed E-state index contributed by atoms with van der Waals surface area (Å²) in [5.41, 5.74) is 2.25. The van der Waals surface area contributed by atoms with Crippen molar-refractivity contribution in [2.24, 2.45) is 0 Å². The molecular formula is C27H32N2O6. The SMILES string of the molecule is COC(=O)Cc1[nH]c2ccccc2c1C[C@@H](C(=O)OC)N(Cc1ccccc1)C(=O)OC(C)(C)C. The molecule has 0 fully saturated rings. The van der Waals surface area contributed by atoms with Crippen molar-refractivity contribution in [2.45, 2.75) is 51.8 Å². The highest BCUT2D eigenvalue weighted by Crippen LogP contribution is 2.27. The van der Waals surface area contributed by atoms with Gasteiger partial charge in [0.25, 0.3) is 0 Å². The minimum absolute atomic E-state index is 0.000468. The van der Waals surface area contributed by atoms with Crippen molar-refractivity contribution >= 4 is 28.9 Å². The maximum absolute atomic E-state index is 13.3. The topological polar surface area (TPSA) is 97.9 Å². The molecule has 0 aliphatic carbocycles. The predicted molar refractivity (Wildman–Crippen MR) is 132 cm³/mol. The Hall–Kier alpha value is -3.81. The summed E-state index contributed by atoms with van der Waals surface area (Å²) in [6.07, 6.45) is -0.514. The van der Waals surface area contributed by atoms with Gasteiger partial charge in [-0.15, -0.1) is 0 Å². The van der Waals surface area contributed by atoms with Gasteiger partial charge in [0.05, 0.1) is 20.6 Å². The Bertz CT molecular complexity index is 1180. The molecule has 35 heavy (non-hydrogen) atoms. The zero-order valence-corrected chi connectivity index (χ0v) is 20.8. The van der Waals surface area contributed by atoms with Gasteiger partial charge in [0.15, 0.2) is 0 Å². The molecule has 0 aliphatic rings. The molecular weight excluding hydrogens is 448 g/mol. The first-order chi connectivity index (χ1) is 16.6. The number of ether oxygens (including phenoxy) is 3. The Morgan fingerprint density at radius 1 is 0.943 bits per heavy atom. The van der Waals surface area contributed by atoms with Crippen LogP contribution in [0, 0.1) is 0 Å². The minimum Gasteiger partial charge on any atom is -0.469 e. The standard InChI is InChI=1S/C27H32N2O6/c1-27(2,3)35-26(32)29(17-18-11-7-6-8-12-18)23(25(31)34-5)15-20-19-13-9-10-14-21(19)28-22(20)16-24(30)33-4/h6-14,23,28H,15-17H2,1-5H3/t23-/m0/s1. The summed E-state index contributed by atoms with van der Waals surface area (Å²) >= 11 is 0. The number of nitrogens with zero attached hydrogens (tertiary/aromatic N) is 1. The van der Waals surface area contributed by atoms with E-state index in [9.17, 15) is 14.4 Å². The molecule has 1 amide bonds. The average molecular weight is 481 g/mol. The van der Waals surface area contributed by atoms with Crippen molar-refractivity contribution in [1.82, 2.24) is 9.88 Å². The first kappa shape index (κ1) is 25.8. The van der Waals surface area contributed by atoms with E-state index in [1.807, 2.05) is 54.6 Å². The van der Waals surface area contributed by atoms with E-state index in [1.165, 1.54) is 19.1 Å². The fourth-order valence-electron chi connectivity index (χ4n) is 3.91. The molecule has 1 atom stereocenters. The summed E-state index contributed by atoms with van der Waals surface area (Å²) in [5.74, 6) is -0.998. The highest BCUT2D eigenvalue weighted by atomic mass is 16.6. The van der Waals surface area contributed by atoms with Crippen LogP contribution < -0.4 is 0 Å². The third kappa shape index (κ3) is 6.62. The average Bonchev–Trinajstić information content (AvgIpc) is 3.16. The number of aromatic amines is 1. The smallest absolute Gasteiger partial charge is 0.411 e. The summed E-state index contributed by atoms with van der Waals surface area (Å²) in [6, 6.07) is 15.9. The minimum atomic E-state index is -0.995. The fourth-order valence-corrected chi connectivity index (χ4v) is 3.91. The van der Waals surface area contributed by atoms with Crippen molar-refractivity contribution in [3.63, 3.8) is 0 Å². The van der Waals surface area contributed by atoms with Gasteiger partial charge in [-0.3, -0.25) is 9.69 Å². The van der Waals surface area contributed by atoms with Gasteiger partial charge in [-0.05, 0) is 38.0 Å². The van der Waals surface area contributed by atoms with E-state index in [-0.39, 0.29) is 19.4 Å². The van der Waals surface area contributed by atoms with E-state index in [2.05, 4.69) is 4.98 Å². The van der Waals surface area contributed by atoms with Crippen molar-refractivity contribution < 1.29 is 28.6 Å². The summed E-state index contributed by atoms with van der Waals surface area (Å²) < 4.78 is 15.7. The Balaban J connectivity index is 2.08. The van der Waals surface area contributed by atoms with E-state index in [0.717, 1.165) is 22.0 Å². The number of hydrogen-bond donors (Lipinski definition) is 1. The van der Waals surface area contributed by atoms with Crippen LogP contribution in [0.2, 0.25) is 0 Å². The van der Waals surface area contributed by atoms with Crippen LogP contribution in [0.15, 0.2) is 54.6 Å². The molecule has 8 heteroatoms. The normalized spacial score (nSPS) is 12.1. The highest BCUT2D eigenvalue weighted by molar-refractivity contribution is 5.88. The van der Waals surface area contributed by atoms with Crippen LogP contribution in [0.1, 0.15) is 37.6 Å². The van der Waals surface area contributed by atoms with Crippen LogP contribution in [0.5, 0.6) is 0 Å². The Labute approximate surface area is 205 Å². The van der Waals surface area contributed by atoms with Gasteiger partial charge < -0.3 is 19.2 Å². The lowest BCUT2D eigenvalue weighted by Crippen LogP contribution is -2.48. The lowest BCUT2D eigenvalue weighted by Gasteiger charge is -2.32. The van der Waals surface area contributed by atoms with Crippen molar-refractivity contribution in [3.05, 3.63) is 71.4 Å². The molecule has 0 spiro atoms. The lowest BCUT2D eigenvalue weighted by atomic mass is 9.99. The summed E-state index contributed by atoms with van der Waals surface area (Å²) in [4.78, 5) is 43.2. The lowest BCUT2D eigenvalue weighted by molar-refractivity contribution is -0.147. The van der Waals surface area contributed by atoms with Gasteiger partial charge in [-0.25, -0.2) is 9.59 Å². The number of benzene rings is 2. The number of para-hydroxylation sites is 1. The molecule has 0 saturated carbocycles. The zero-order chi connectivity index (χ0) is 25.6. The van der Waals surface area contributed by atoms with Crippen LogP contribution >= 0.6 is 0 Å². The number of H-pyrrole nitrogens is 1. The molecule has 0 bridgehead atoms. The predicted octanol–water partition coefficient (Wildman–Crippen LogP) is 4.40. The van der Waals surface area contributed by atoms with Crippen molar-refractivity contribution in [3.8, 4) is 0 Å². The molecule has 0 radical (unpaired) electrons. The molecule has 0 unspecified atom stereocenters. The van der Waals surface area contributed by atoms with E-state index in [1.54, 1.807) is 20.8 Å². The van der Waals surface area contributed by atoms with E-state index in [4.69, 9.17) is 14.2 Å². The third-order valence-corrected chi connectivity index (χ3v) is 5.52. The second kappa shape index (κ2) is 11.1. The van der Waals surface area contributed by atoms with Crippen LogP contribution in [0.3, 0.4) is 0 Å². The zero-order valence-electron chi connectivity index (χ0n) is 20.8. The number of rotatable bonds is 8. The van der Waals surface area contributed by atoms with Gasteiger partial charge in [0.1, 0.15) is 11.6 Å². The number of fused-ring (bicyclic) bond motifs is 1. The Morgan fingerprint density at radius 3 is 2.23 bits per heavy atom. The van der Waals surface area contributed by atoms with Gasteiger partial charge in [0, 0.05) is 29.6 Å². The van der Waals surface area contributed by atoms with Gasteiger partial charge in [-0.1, -0.05) is 48.5 Å². The number of hydrogen-bond acceptors (Lipinski definition) is 6. The maximum atomic E-state index is 13.3. The quantitative estimate of drug-likeness (QED) is 0.379. The molecule has 1 N–H and O–H groups in total. The Morgan fingerprint density at radius 2 is 1.60 bits per heavy atom. The largest absolute Gasteiger partial charge is 0.469 e. The fraction of sp³-hybridized carbons (Fsp3) is 0.370. The molecule has 1 aromatic heterocycles. The summed E-state index contributed by atoms with van der Waals surface area (Å²) in [6.45, 7) is 5.46. The maximum Gasteiger partial charge on any atom is 0.411 e. The monoisotopic (exact) mass is 480 g/mol. The van der Waals surface area contributed by atoms with Gasteiger partial charge in [-0.2, -0.15) is 0 Å². The summed E-state index contributed by atoms with van der Waals surface area (Å²) in [7, 11) is 2.61. The van der Waals surface area contributed by atoms with E-state index in [0.29, 0.717) is 5.69 Å². The van der Waals surface area contributed by atoms with Crippen molar-refractivity contribution in [1.29, 1.82) is 0 Å². The number of carbonyl (C=O) groups is 3. The molecule has 0 saturated heterocycles. The molecule has 8 nitrogen and oxygen atoms in total. The molecule has 1 heterocycles. The Kier molecular flexibility index (Phi) is 8.17. The molecule has 186 valence electrons. The third-order valence-electron chi connectivity index (χ3n) is 5.52. The summed E-state index contributed by atoms with van der Waals surface area (Å²) in [5, 5.41) is 0.851. The molecule has 3 aromatic rings. The first-order valence-electron chi connectivity index (χ1n) is 11.4. The van der Waals surface area contributed by atoms with Crippen LogP contribution in [0.4, 0.5) is 4.79 Å². The number of aromatic nitrogens is 1. The van der Waals surface area contributed by atoms with Gasteiger partial charge >= 0.3 is 18.0 Å². The van der Waals surface area contributed by atoms with E-state index < -0.39 is 29.7 Å². The molecule has 2 aromatic carbocycles. The number of nitrogens with one attached hydrogen (secondary N) is 1. The number of methoxy groups -OCH3 is 2. The molecule has 0 aliphatic heterocycles. The van der Waals surface area contributed by atoms with Crippen LogP contribution in [0.25, 0.3) is 10.9 Å². The first-order valence-corrected chi connectivity index (χ1v) is 11.4. The van der Waals surface area contributed by atoms with E-state index >= 15 is 0 Å². The highest BCUT2D eigenvalue weighted by Gasteiger charge is 2.35. The van der Waals surface area contributed by atoms with Crippen LogP contribution in [-0.4, -0.2) is 53.8 Å². The number of esters is 2. The number of amides is 1.